The van der Waals surface area contributed by atoms with E-state index in [2.05, 4.69) is 10.3 Å². The van der Waals surface area contributed by atoms with Crippen molar-refractivity contribution in [3.05, 3.63) is 71.2 Å². The van der Waals surface area contributed by atoms with Gasteiger partial charge < -0.3 is 35.5 Å². The Balaban J connectivity index is 1.71. The summed E-state index contributed by atoms with van der Waals surface area (Å²) in [4.78, 5) is 17.1. The maximum absolute atomic E-state index is 14.6. The quantitative estimate of drug-likeness (QED) is 0.261. The van der Waals surface area contributed by atoms with Gasteiger partial charge in [0.1, 0.15) is 24.7 Å². The molecule has 0 fully saturated rings. The van der Waals surface area contributed by atoms with E-state index < -0.39 is 47.4 Å². The third-order valence-electron chi connectivity index (χ3n) is 7.04. The topological polar surface area (TPSA) is 136 Å². The number of pyridine rings is 1. The molecular weight excluding hydrogens is 562 g/mol. The number of methoxy groups -OCH3 is 1. The number of nitrogens with one attached hydrogen (secondary N) is 1. The molecule has 9 nitrogen and oxygen atoms in total. The van der Waals surface area contributed by atoms with Crippen LogP contribution in [0.5, 0.6) is 17.2 Å². The van der Waals surface area contributed by atoms with E-state index in [9.17, 15) is 32.6 Å². The second kappa shape index (κ2) is 11.7. The van der Waals surface area contributed by atoms with E-state index in [0.717, 1.165) is 18.2 Å². The Bertz CT molecular complexity index is 1450. The number of halogens is 4. The number of carbonyl (C=O) groups excluding carboxylic acids is 1. The van der Waals surface area contributed by atoms with Gasteiger partial charge >= 0.3 is 6.18 Å². The molecule has 2 heterocycles. The molecule has 0 spiro atoms. The fourth-order valence-corrected chi connectivity index (χ4v) is 4.42. The molecule has 226 valence electrons. The lowest BCUT2D eigenvalue weighted by Gasteiger charge is -2.31. The summed E-state index contributed by atoms with van der Waals surface area (Å²) in [6.07, 6.45) is -5.77. The molecule has 2 aromatic carbocycles. The van der Waals surface area contributed by atoms with Crippen LogP contribution in [-0.2, 0) is 11.1 Å². The minimum absolute atomic E-state index is 0.0435. The van der Waals surface area contributed by atoms with E-state index in [1.807, 2.05) is 0 Å². The monoisotopic (exact) mass is 593 g/mol. The van der Waals surface area contributed by atoms with Gasteiger partial charge in [0, 0.05) is 16.7 Å². The average Bonchev–Trinajstić information content (AvgIpc) is 3.30. The van der Waals surface area contributed by atoms with Crippen LogP contribution in [-0.4, -0.2) is 60.3 Å². The van der Waals surface area contributed by atoms with Gasteiger partial charge in [0.15, 0.2) is 17.2 Å². The third kappa shape index (κ3) is 5.98. The number of rotatable bonds is 10. The largest absolute Gasteiger partial charge is 0.493 e. The predicted molar refractivity (Wildman–Crippen MR) is 144 cm³/mol. The van der Waals surface area contributed by atoms with Crippen LogP contribution >= 0.6 is 0 Å². The van der Waals surface area contributed by atoms with Crippen molar-refractivity contribution < 1.29 is 46.8 Å². The number of hydrogen-bond acceptors (Lipinski definition) is 8. The SMILES string of the molecule is CC[C@@]1(N)COc2c1cc([C@](O)(CNC(=O)c1ccc(OC[C@@H](C)O)c(OC)c1)C(F)(F)F)nc2-c1ccc(F)cc1. The summed E-state index contributed by atoms with van der Waals surface area (Å²) in [5, 5.41) is 22.7. The molecule has 1 aliphatic heterocycles. The molecule has 13 heteroatoms. The first-order chi connectivity index (χ1) is 19.7. The molecule has 1 aromatic heterocycles. The lowest BCUT2D eigenvalue weighted by atomic mass is 9.86. The molecule has 0 bridgehead atoms. The minimum atomic E-state index is -5.29. The normalized spacial score (nSPS) is 18.4. The van der Waals surface area contributed by atoms with Crippen LogP contribution in [0.3, 0.4) is 0 Å². The van der Waals surface area contributed by atoms with Crippen LogP contribution in [0.15, 0.2) is 48.5 Å². The van der Waals surface area contributed by atoms with Gasteiger partial charge in [0.2, 0.25) is 5.60 Å². The zero-order valence-electron chi connectivity index (χ0n) is 23.1. The number of aliphatic hydroxyl groups excluding tert-OH is 1. The highest BCUT2D eigenvalue weighted by Gasteiger charge is 2.57. The van der Waals surface area contributed by atoms with Crippen LogP contribution in [0.1, 0.15) is 41.9 Å². The number of aliphatic hydroxyl groups is 2. The van der Waals surface area contributed by atoms with Crippen molar-refractivity contribution in [3.63, 3.8) is 0 Å². The average molecular weight is 594 g/mol. The Morgan fingerprint density at radius 1 is 1.19 bits per heavy atom. The number of fused-ring (bicyclic) bond motifs is 1. The minimum Gasteiger partial charge on any atom is -0.493 e. The van der Waals surface area contributed by atoms with Crippen LogP contribution in [0.25, 0.3) is 11.3 Å². The zero-order chi connectivity index (χ0) is 30.9. The van der Waals surface area contributed by atoms with Crippen molar-refractivity contribution in [2.75, 3.05) is 26.9 Å². The summed E-state index contributed by atoms with van der Waals surface area (Å²) in [5.41, 5.74) is 1.12. The predicted octanol–water partition coefficient (Wildman–Crippen LogP) is 3.79. The van der Waals surface area contributed by atoms with Crippen molar-refractivity contribution in [2.45, 2.75) is 43.7 Å². The molecule has 3 aromatic rings. The Morgan fingerprint density at radius 2 is 1.88 bits per heavy atom. The van der Waals surface area contributed by atoms with Crippen molar-refractivity contribution in [3.8, 4) is 28.5 Å². The molecule has 3 atom stereocenters. The Hall–Kier alpha value is -3.94. The second-order valence-corrected chi connectivity index (χ2v) is 10.1. The van der Waals surface area contributed by atoms with Crippen molar-refractivity contribution in [1.29, 1.82) is 0 Å². The van der Waals surface area contributed by atoms with Gasteiger partial charge in [-0.3, -0.25) is 4.79 Å². The molecular formula is C29H31F4N3O6. The number of nitrogens with zero attached hydrogens (tertiary/aromatic N) is 1. The van der Waals surface area contributed by atoms with Gasteiger partial charge in [-0.2, -0.15) is 13.2 Å². The van der Waals surface area contributed by atoms with Crippen LogP contribution < -0.4 is 25.3 Å². The highest BCUT2D eigenvalue weighted by molar-refractivity contribution is 5.95. The fraction of sp³-hybridized carbons (Fsp3) is 0.379. The van der Waals surface area contributed by atoms with Gasteiger partial charge in [0.05, 0.1) is 31.0 Å². The summed E-state index contributed by atoms with van der Waals surface area (Å²) in [5.74, 6) is -1.06. The maximum atomic E-state index is 14.6. The van der Waals surface area contributed by atoms with Crippen molar-refractivity contribution in [1.82, 2.24) is 10.3 Å². The molecule has 0 aliphatic carbocycles. The number of aromatic nitrogens is 1. The van der Waals surface area contributed by atoms with Gasteiger partial charge in [-0.05, 0) is 61.9 Å². The first kappa shape index (κ1) is 31.0. The van der Waals surface area contributed by atoms with E-state index in [1.54, 1.807) is 6.92 Å². The zero-order valence-corrected chi connectivity index (χ0v) is 23.1. The lowest BCUT2D eigenvalue weighted by molar-refractivity contribution is -0.265. The number of carbonyl (C=O) groups is 1. The third-order valence-corrected chi connectivity index (χ3v) is 7.04. The van der Waals surface area contributed by atoms with Crippen LogP contribution in [0.2, 0.25) is 0 Å². The van der Waals surface area contributed by atoms with E-state index in [1.165, 1.54) is 44.4 Å². The molecule has 0 saturated carbocycles. The number of alkyl halides is 3. The smallest absolute Gasteiger partial charge is 0.424 e. The number of amides is 1. The fourth-order valence-electron chi connectivity index (χ4n) is 4.42. The molecule has 42 heavy (non-hydrogen) atoms. The Morgan fingerprint density at radius 3 is 2.48 bits per heavy atom. The standard InChI is InChI=1S/C29H31F4N3O6/c1-4-27(34)15-42-25-20(27)12-23(36-24(25)17-5-8-19(30)9-6-17)28(39,29(31,32)33)14-35-26(38)18-7-10-21(22(11-18)40-3)41-13-16(2)37/h5-12,16,37,39H,4,13-15,34H2,1-3H3,(H,35,38)/t16-,27-,28-/m1/s1. The molecule has 1 amide bonds. The van der Waals surface area contributed by atoms with E-state index >= 15 is 0 Å². The highest BCUT2D eigenvalue weighted by atomic mass is 19.4. The van der Waals surface area contributed by atoms with E-state index in [4.69, 9.17) is 19.9 Å². The maximum Gasteiger partial charge on any atom is 0.424 e. The number of ether oxygens (including phenoxy) is 3. The first-order valence-corrected chi connectivity index (χ1v) is 13.0. The first-order valence-electron chi connectivity index (χ1n) is 13.0. The Labute approximate surface area is 239 Å². The summed E-state index contributed by atoms with van der Waals surface area (Å²) in [6, 6.07) is 9.83. The summed E-state index contributed by atoms with van der Waals surface area (Å²) < 4.78 is 73.7. The van der Waals surface area contributed by atoms with Crippen molar-refractivity contribution >= 4 is 5.91 Å². The van der Waals surface area contributed by atoms with Crippen molar-refractivity contribution in [2.24, 2.45) is 5.73 Å². The molecule has 1 aliphatic rings. The van der Waals surface area contributed by atoms with Gasteiger partial charge in [-0.1, -0.05) is 6.92 Å². The molecule has 4 rings (SSSR count). The molecule has 0 radical (unpaired) electrons. The van der Waals surface area contributed by atoms with Gasteiger partial charge in [0.25, 0.3) is 5.91 Å². The molecule has 0 unspecified atom stereocenters. The Kier molecular flexibility index (Phi) is 8.67. The van der Waals surface area contributed by atoms with E-state index in [0.29, 0.717) is 6.42 Å². The summed E-state index contributed by atoms with van der Waals surface area (Å²) in [7, 11) is 1.31. The van der Waals surface area contributed by atoms with E-state index in [-0.39, 0.29) is 52.8 Å². The second-order valence-electron chi connectivity index (χ2n) is 10.1. The van der Waals surface area contributed by atoms with Gasteiger partial charge in [-0.25, -0.2) is 9.37 Å². The van der Waals surface area contributed by atoms with Crippen LogP contribution in [0.4, 0.5) is 17.6 Å². The number of hydrogen-bond donors (Lipinski definition) is 4. The van der Waals surface area contributed by atoms with Gasteiger partial charge in [-0.15, -0.1) is 0 Å². The summed E-state index contributed by atoms with van der Waals surface area (Å²) in [6.45, 7) is 1.86. The van der Waals surface area contributed by atoms with Crippen LogP contribution in [0, 0.1) is 5.82 Å². The molecule has 5 N–H and O–H groups in total. The molecule has 0 saturated heterocycles. The number of benzene rings is 2. The number of nitrogens with two attached hydrogens (primary N) is 1. The lowest BCUT2D eigenvalue weighted by Crippen LogP contribution is -2.51. The highest BCUT2D eigenvalue weighted by Crippen LogP contribution is 2.47. The summed E-state index contributed by atoms with van der Waals surface area (Å²) >= 11 is 0.